The molecule has 2 saturated heterocycles. The van der Waals surface area contributed by atoms with Crippen LogP contribution < -0.4 is 9.47 Å². The highest BCUT2D eigenvalue weighted by Crippen LogP contribution is 2.40. The Bertz CT molecular complexity index is 1850. The van der Waals surface area contributed by atoms with Gasteiger partial charge in [0.1, 0.15) is 35.4 Å². The molecule has 63 heavy (non-hydrogen) atoms. The number of hydrogen-bond acceptors (Lipinski definition) is 15. The van der Waals surface area contributed by atoms with Crippen molar-refractivity contribution in [1.82, 2.24) is 4.90 Å². The van der Waals surface area contributed by atoms with Crippen LogP contribution in [0.5, 0.6) is 11.5 Å². The summed E-state index contributed by atoms with van der Waals surface area (Å²) in [5.74, 6) is -3.28. The molecule has 0 spiro atoms. The van der Waals surface area contributed by atoms with Gasteiger partial charge in [0.05, 0.1) is 56.2 Å². The van der Waals surface area contributed by atoms with Crippen molar-refractivity contribution in [1.29, 1.82) is 0 Å². The van der Waals surface area contributed by atoms with Crippen LogP contribution in [0.15, 0.2) is 58.7 Å². The van der Waals surface area contributed by atoms with Crippen molar-refractivity contribution in [3.8, 4) is 11.5 Å². The Balaban J connectivity index is 1.91. The number of carbonyl (C=O) groups is 2. The van der Waals surface area contributed by atoms with Crippen LogP contribution in [-0.2, 0) is 39.7 Å². The maximum Gasteiger partial charge on any atom is 0.312 e. The molecule has 352 valence electrons. The fourth-order valence-electron chi connectivity index (χ4n) is 9.11. The van der Waals surface area contributed by atoms with Crippen molar-refractivity contribution < 1.29 is 58.1 Å². The van der Waals surface area contributed by atoms with Crippen LogP contribution >= 0.6 is 0 Å². The van der Waals surface area contributed by atoms with E-state index in [1.165, 1.54) is 6.92 Å². The lowest BCUT2D eigenvalue weighted by Crippen LogP contribution is -2.60. The number of aliphatic hydroxyl groups is 3. The largest absolute Gasteiger partial charge is 0.497 e. The number of ether oxygens (including phenoxy) is 7. The fraction of sp³-hybridized carbons (Fsp3) is 0.667. The molecule has 2 heterocycles. The number of rotatable bonds is 12. The molecule has 3 N–H and O–H groups in total. The van der Waals surface area contributed by atoms with Crippen LogP contribution in [0.25, 0.3) is 0 Å². The van der Waals surface area contributed by atoms with Crippen molar-refractivity contribution >= 4 is 23.4 Å². The number of carbonyl (C=O) groups excluding carboxylic acids is 2. The predicted molar refractivity (Wildman–Crippen MR) is 240 cm³/mol. The molecule has 2 aromatic carbocycles. The zero-order valence-electron chi connectivity index (χ0n) is 39.7. The lowest BCUT2D eigenvalue weighted by Gasteiger charge is -2.48. The highest BCUT2D eigenvalue weighted by Gasteiger charge is 2.52. The second kappa shape index (κ2) is 22.3. The minimum absolute atomic E-state index is 0.113. The van der Waals surface area contributed by atoms with E-state index >= 15 is 0 Å². The standard InChI is InChI=1S/C48H73N3O12/c1-15-38-48(9,56)43(54)29(4)40(50-49-32(7)34-18-22-36(58-13)23-19-34)27(2)26-47(8,59-14)44(63-46-41(53)37(51(10)11)24-28(3)60-46)30(5)42(31(6)45(55)61-38)62-39(52)25-33-16-20-35(57-12)21-17-33/h16-23,27-31,37-38,41-44,46,53-54,56H,15,24-26H2,1-14H3/b49-32+,50-40+/t27-,28?,29+,30+,31-,37?,38-,41?,42?,43-,44-,46?,47-,48-/m1/s1. The third-order valence-corrected chi connectivity index (χ3v) is 13.1. The fourth-order valence-corrected chi connectivity index (χ4v) is 9.11. The zero-order valence-corrected chi connectivity index (χ0v) is 39.7. The van der Waals surface area contributed by atoms with E-state index in [2.05, 4.69) is 5.10 Å². The predicted octanol–water partition coefficient (Wildman–Crippen LogP) is 5.62. The molecule has 15 nitrogen and oxygen atoms in total. The number of aliphatic hydroxyl groups excluding tert-OH is 2. The Morgan fingerprint density at radius 1 is 0.921 bits per heavy atom. The number of methoxy groups -OCH3 is 3. The third-order valence-electron chi connectivity index (χ3n) is 13.1. The van der Waals surface area contributed by atoms with E-state index in [0.29, 0.717) is 34.9 Å². The molecule has 4 rings (SSSR count). The second-order valence-corrected chi connectivity index (χ2v) is 18.1. The smallest absolute Gasteiger partial charge is 0.312 e. The van der Waals surface area contributed by atoms with Gasteiger partial charge in [0.15, 0.2) is 6.29 Å². The van der Waals surface area contributed by atoms with Gasteiger partial charge in [-0.25, -0.2) is 0 Å². The van der Waals surface area contributed by atoms with Gasteiger partial charge in [0, 0.05) is 30.7 Å². The minimum atomic E-state index is -1.96. The molecular formula is C48H73N3O12. The van der Waals surface area contributed by atoms with E-state index in [0.717, 1.165) is 5.56 Å². The summed E-state index contributed by atoms with van der Waals surface area (Å²) in [5, 5.41) is 45.4. The molecule has 2 aliphatic rings. The maximum atomic E-state index is 14.4. The summed E-state index contributed by atoms with van der Waals surface area (Å²) in [7, 11) is 8.46. The van der Waals surface area contributed by atoms with E-state index in [4.69, 9.17) is 38.3 Å². The molecule has 14 atom stereocenters. The maximum absolute atomic E-state index is 14.4. The molecule has 0 aliphatic carbocycles. The van der Waals surface area contributed by atoms with Crippen LogP contribution in [0.1, 0.15) is 92.7 Å². The van der Waals surface area contributed by atoms with Gasteiger partial charge >= 0.3 is 11.9 Å². The monoisotopic (exact) mass is 884 g/mol. The second-order valence-electron chi connectivity index (χ2n) is 18.1. The Morgan fingerprint density at radius 2 is 1.51 bits per heavy atom. The van der Waals surface area contributed by atoms with Crippen LogP contribution in [0.4, 0.5) is 0 Å². The van der Waals surface area contributed by atoms with Gasteiger partial charge in [0.2, 0.25) is 0 Å². The van der Waals surface area contributed by atoms with Crippen LogP contribution in [0.3, 0.4) is 0 Å². The van der Waals surface area contributed by atoms with Gasteiger partial charge in [-0.15, -0.1) is 0 Å². The molecule has 0 aromatic heterocycles. The molecule has 2 aromatic rings. The van der Waals surface area contributed by atoms with Crippen LogP contribution in [0, 0.1) is 23.7 Å². The molecule has 2 fully saturated rings. The topological polar surface area (TPSA) is 187 Å². The summed E-state index contributed by atoms with van der Waals surface area (Å²) in [6, 6.07) is 14.1. The van der Waals surface area contributed by atoms with Gasteiger partial charge in [-0.1, -0.05) is 39.8 Å². The average Bonchev–Trinajstić information content (AvgIpc) is 3.26. The number of hydrogen-bond donors (Lipinski definition) is 3. The summed E-state index contributed by atoms with van der Waals surface area (Å²) < 4.78 is 42.7. The Kier molecular flexibility index (Phi) is 18.3. The van der Waals surface area contributed by atoms with E-state index in [9.17, 15) is 24.9 Å². The molecule has 0 radical (unpaired) electrons. The molecule has 2 aliphatic heterocycles. The highest BCUT2D eigenvalue weighted by atomic mass is 16.7. The van der Waals surface area contributed by atoms with Gasteiger partial charge in [-0.2, -0.15) is 10.2 Å². The van der Waals surface area contributed by atoms with Crippen molar-refractivity contribution in [2.75, 3.05) is 35.4 Å². The molecular weight excluding hydrogens is 811 g/mol. The van der Waals surface area contributed by atoms with Gasteiger partial charge in [-0.05, 0) is 121 Å². The summed E-state index contributed by atoms with van der Waals surface area (Å²) in [6.45, 7) is 15.9. The first-order chi connectivity index (χ1) is 29.6. The van der Waals surface area contributed by atoms with Crippen molar-refractivity contribution in [3.05, 3.63) is 59.7 Å². The number of benzene rings is 2. The summed E-state index contributed by atoms with van der Waals surface area (Å²) >= 11 is 0. The average molecular weight is 884 g/mol. The first-order valence-electron chi connectivity index (χ1n) is 22.0. The highest BCUT2D eigenvalue weighted by molar-refractivity contribution is 5.99. The number of cyclic esters (lactones) is 1. The Labute approximate surface area is 374 Å². The van der Waals surface area contributed by atoms with Crippen molar-refractivity contribution in [2.45, 2.75) is 148 Å². The number of likely N-dealkylation sites (N-methyl/N-ethyl adjacent to an activating group) is 1. The quantitative estimate of drug-likeness (QED) is 0.136. The number of nitrogens with zero attached hydrogens (tertiary/aromatic N) is 3. The summed E-state index contributed by atoms with van der Waals surface area (Å²) in [4.78, 5) is 30.3. The van der Waals surface area contributed by atoms with Crippen LogP contribution in [-0.4, -0.2) is 139 Å². The number of esters is 2. The third kappa shape index (κ3) is 12.4. The molecule has 0 saturated carbocycles. The molecule has 5 unspecified atom stereocenters. The van der Waals surface area contributed by atoms with Gasteiger partial charge in [-0.3, -0.25) is 9.59 Å². The van der Waals surface area contributed by atoms with E-state index in [-0.39, 0.29) is 31.4 Å². The molecule has 0 amide bonds. The molecule has 0 bridgehead atoms. The lowest BCUT2D eigenvalue weighted by molar-refractivity contribution is -0.301. The van der Waals surface area contributed by atoms with Gasteiger partial charge < -0.3 is 53.4 Å². The minimum Gasteiger partial charge on any atom is -0.497 e. The van der Waals surface area contributed by atoms with Crippen LogP contribution in [0.2, 0.25) is 0 Å². The summed E-state index contributed by atoms with van der Waals surface area (Å²) in [5.41, 5.74) is -0.726. The Hall–Kier alpha value is -3.96. The van der Waals surface area contributed by atoms with Crippen molar-refractivity contribution in [2.24, 2.45) is 33.9 Å². The zero-order chi connectivity index (χ0) is 47.0. The summed E-state index contributed by atoms with van der Waals surface area (Å²) in [6.07, 6.45) is -6.56. The van der Waals surface area contributed by atoms with E-state index < -0.39 is 83.6 Å². The van der Waals surface area contributed by atoms with Crippen molar-refractivity contribution in [3.63, 3.8) is 0 Å². The Morgan fingerprint density at radius 3 is 2.05 bits per heavy atom. The first kappa shape index (κ1) is 51.7. The lowest BCUT2D eigenvalue weighted by atomic mass is 9.73. The first-order valence-corrected chi connectivity index (χ1v) is 22.0. The molecule has 15 heteroatoms. The van der Waals surface area contributed by atoms with Gasteiger partial charge in [0.25, 0.3) is 0 Å². The SMILES string of the molecule is CC[C@H]1OC(=O)[C@H](C)C(OC(=O)Cc2ccc(OC)cc2)[C@H](C)[C@@H](OC2OC(C)CC(N(C)C)C2O)[C@](C)(OC)C[C@@H](C)/C(=N\N=C(/C)c2ccc(OC)cc2)[C@H](C)[C@@H](O)[C@]1(C)O. The normalized spacial score (nSPS) is 35.7. The van der Waals surface area contributed by atoms with E-state index in [1.807, 2.05) is 77.9 Å². The van der Waals surface area contributed by atoms with E-state index in [1.54, 1.807) is 66.4 Å².